The Hall–Kier alpha value is -1.03. The van der Waals surface area contributed by atoms with Gasteiger partial charge in [-0.2, -0.15) is 0 Å². The summed E-state index contributed by atoms with van der Waals surface area (Å²) in [5, 5.41) is 6.70. The molecular formula is C13H21N3O. The molecule has 1 aromatic rings. The molecule has 1 saturated carbocycles. The maximum atomic E-state index is 11.9. The maximum absolute atomic E-state index is 11.9. The van der Waals surface area contributed by atoms with Gasteiger partial charge in [-0.25, -0.2) is 0 Å². The molecule has 94 valence electrons. The minimum atomic E-state index is 0.150. The topological polar surface area (TPSA) is 49.8 Å². The summed E-state index contributed by atoms with van der Waals surface area (Å²) in [7, 11) is 0. The van der Waals surface area contributed by atoms with Gasteiger partial charge < -0.3 is 5.32 Å². The predicted octanol–water partition coefficient (Wildman–Crippen LogP) is 1.44. The number of nitrogens with zero attached hydrogens (tertiary/aromatic N) is 1. The molecule has 1 unspecified atom stereocenters. The Bertz CT molecular complexity index is 424. The van der Waals surface area contributed by atoms with E-state index in [-0.39, 0.29) is 5.56 Å². The second-order valence-electron chi connectivity index (χ2n) is 5.50. The molecule has 2 fully saturated rings. The van der Waals surface area contributed by atoms with E-state index in [1.807, 2.05) is 4.68 Å². The van der Waals surface area contributed by atoms with E-state index in [0.717, 1.165) is 25.3 Å². The van der Waals surface area contributed by atoms with Gasteiger partial charge in [-0.1, -0.05) is 6.42 Å². The summed E-state index contributed by atoms with van der Waals surface area (Å²) in [6, 6.07) is 1.81. The van der Waals surface area contributed by atoms with Gasteiger partial charge in [0.15, 0.2) is 0 Å². The number of piperidine rings is 1. The average Bonchev–Trinajstić information content (AvgIpc) is 2.59. The van der Waals surface area contributed by atoms with Crippen LogP contribution in [0.1, 0.15) is 43.7 Å². The van der Waals surface area contributed by atoms with Crippen LogP contribution in [-0.2, 0) is 6.54 Å². The van der Waals surface area contributed by atoms with Gasteiger partial charge in [0.25, 0.3) is 5.56 Å². The van der Waals surface area contributed by atoms with Crippen LogP contribution in [-0.4, -0.2) is 22.9 Å². The van der Waals surface area contributed by atoms with Crippen molar-refractivity contribution in [1.82, 2.24) is 15.1 Å². The van der Waals surface area contributed by atoms with E-state index in [1.165, 1.54) is 32.1 Å². The van der Waals surface area contributed by atoms with Crippen LogP contribution in [0, 0.1) is 5.92 Å². The molecule has 3 rings (SSSR count). The Morgan fingerprint density at radius 2 is 2.18 bits per heavy atom. The lowest BCUT2D eigenvalue weighted by atomic mass is 9.83. The van der Waals surface area contributed by atoms with E-state index in [2.05, 4.69) is 10.4 Å². The highest BCUT2D eigenvalue weighted by Crippen LogP contribution is 2.34. The summed E-state index contributed by atoms with van der Waals surface area (Å²) in [6.45, 7) is 3.02. The number of aromatic amines is 1. The molecule has 2 aliphatic rings. The van der Waals surface area contributed by atoms with Crippen molar-refractivity contribution in [3.05, 3.63) is 22.1 Å². The zero-order valence-corrected chi connectivity index (χ0v) is 10.2. The van der Waals surface area contributed by atoms with Gasteiger partial charge in [-0.3, -0.25) is 14.6 Å². The number of H-pyrrole nitrogens is 1. The van der Waals surface area contributed by atoms with Crippen molar-refractivity contribution in [3.63, 3.8) is 0 Å². The van der Waals surface area contributed by atoms with Crippen LogP contribution >= 0.6 is 0 Å². The lowest BCUT2D eigenvalue weighted by molar-refractivity contribution is 0.318. The molecule has 0 aromatic carbocycles. The minimum Gasteiger partial charge on any atom is -0.316 e. The number of hydrogen-bond donors (Lipinski definition) is 2. The van der Waals surface area contributed by atoms with Crippen LogP contribution in [0.3, 0.4) is 0 Å². The number of nitrogens with one attached hydrogen (secondary N) is 2. The van der Waals surface area contributed by atoms with Gasteiger partial charge in [0, 0.05) is 24.2 Å². The first-order valence-electron chi connectivity index (χ1n) is 6.83. The average molecular weight is 235 g/mol. The van der Waals surface area contributed by atoms with Crippen LogP contribution < -0.4 is 10.9 Å². The molecule has 4 heteroatoms. The first-order valence-corrected chi connectivity index (χ1v) is 6.83. The third-order valence-corrected chi connectivity index (χ3v) is 4.19. The largest absolute Gasteiger partial charge is 0.316 e. The van der Waals surface area contributed by atoms with Crippen LogP contribution in [0.25, 0.3) is 0 Å². The summed E-state index contributed by atoms with van der Waals surface area (Å²) in [6.07, 6.45) is 6.26. The number of aromatic nitrogens is 2. The fourth-order valence-electron chi connectivity index (χ4n) is 2.86. The van der Waals surface area contributed by atoms with E-state index in [9.17, 15) is 4.79 Å². The van der Waals surface area contributed by atoms with Crippen molar-refractivity contribution < 1.29 is 0 Å². The van der Waals surface area contributed by atoms with Crippen molar-refractivity contribution in [1.29, 1.82) is 0 Å². The Morgan fingerprint density at radius 3 is 2.82 bits per heavy atom. The van der Waals surface area contributed by atoms with Gasteiger partial charge in [-0.05, 0) is 44.7 Å². The normalized spacial score (nSPS) is 25.8. The van der Waals surface area contributed by atoms with E-state index >= 15 is 0 Å². The molecule has 17 heavy (non-hydrogen) atoms. The van der Waals surface area contributed by atoms with E-state index in [1.54, 1.807) is 6.07 Å². The summed E-state index contributed by atoms with van der Waals surface area (Å²) in [5.74, 6) is 1.22. The first kappa shape index (κ1) is 11.1. The Kier molecular flexibility index (Phi) is 3.05. The van der Waals surface area contributed by atoms with Crippen molar-refractivity contribution in [2.45, 2.75) is 44.6 Å². The highest BCUT2D eigenvalue weighted by molar-refractivity contribution is 5.09. The van der Waals surface area contributed by atoms with Gasteiger partial charge in [0.2, 0.25) is 0 Å². The number of hydrogen-bond acceptors (Lipinski definition) is 2. The van der Waals surface area contributed by atoms with Gasteiger partial charge in [0.1, 0.15) is 0 Å². The van der Waals surface area contributed by atoms with Gasteiger partial charge >= 0.3 is 0 Å². The molecule has 0 bridgehead atoms. The molecule has 1 saturated heterocycles. The molecule has 2 heterocycles. The molecule has 1 aliphatic heterocycles. The molecule has 4 nitrogen and oxygen atoms in total. The highest BCUT2D eigenvalue weighted by Gasteiger charge is 2.22. The van der Waals surface area contributed by atoms with Crippen LogP contribution in [0.15, 0.2) is 10.9 Å². The molecule has 0 spiro atoms. The standard InChI is InChI=1S/C13H21N3O/c17-13-7-12(11-4-1-5-11)15-16(13)9-10-3-2-6-14-8-10/h7,10-11,14-15H,1-6,8-9H2. The smallest absolute Gasteiger partial charge is 0.266 e. The Balaban J connectivity index is 1.69. The minimum absolute atomic E-state index is 0.150. The summed E-state index contributed by atoms with van der Waals surface area (Å²) in [4.78, 5) is 11.9. The molecule has 0 radical (unpaired) electrons. The second kappa shape index (κ2) is 4.69. The molecule has 2 N–H and O–H groups in total. The summed E-state index contributed by atoms with van der Waals surface area (Å²) in [5.41, 5.74) is 1.31. The third kappa shape index (κ3) is 2.32. The lowest BCUT2D eigenvalue weighted by Crippen LogP contribution is -2.34. The van der Waals surface area contributed by atoms with Gasteiger partial charge in [0.05, 0.1) is 0 Å². The Morgan fingerprint density at radius 1 is 1.29 bits per heavy atom. The first-order chi connectivity index (χ1) is 8.33. The molecule has 0 amide bonds. The highest BCUT2D eigenvalue weighted by atomic mass is 16.1. The quantitative estimate of drug-likeness (QED) is 0.833. The Labute approximate surface area is 101 Å². The van der Waals surface area contributed by atoms with Crippen LogP contribution in [0.5, 0.6) is 0 Å². The van der Waals surface area contributed by atoms with Crippen LogP contribution in [0.2, 0.25) is 0 Å². The predicted molar refractivity (Wildman–Crippen MR) is 67.2 cm³/mol. The summed E-state index contributed by atoms with van der Waals surface area (Å²) < 4.78 is 1.81. The fourth-order valence-corrected chi connectivity index (χ4v) is 2.86. The number of rotatable bonds is 3. The third-order valence-electron chi connectivity index (χ3n) is 4.19. The fraction of sp³-hybridized carbons (Fsp3) is 0.769. The molecular weight excluding hydrogens is 214 g/mol. The van der Waals surface area contributed by atoms with E-state index < -0.39 is 0 Å². The van der Waals surface area contributed by atoms with Crippen molar-refractivity contribution in [3.8, 4) is 0 Å². The maximum Gasteiger partial charge on any atom is 0.266 e. The van der Waals surface area contributed by atoms with Gasteiger partial charge in [-0.15, -0.1) is 0 Å². The van der Waals surface area contributed by atoms with Crippen LogP contribution in [0.4, 0.5) is 0 Å². The monoisotopic (exact) mass is 235 g/mol. The SMILES string of the molecule is O=c1cc(C2CCC2)[nH]n1CC1CCCNC1. The second-order valence-corrected chi connectivity index (χ2v) is 5.50. The molecule has 1 aliphatic carbocycles. The van der Waals surface area contributed by atoms with Crippen molar-refractivity contribution >= 4 is 0 Å². The van der Waals surface area contributed by atoms with Crippen molar-refractivity contribution in [2.24, 2.45) is 5.92 Å². The molecule has 1 atom stereocenters. The van der Waals surface area contributed by atoms with Crippen molar-refractivity contribution in [2.75, 3.05) is 13.1 Å². The van der Waals surface area contributed by atoms with E-state index in [4.69, 9.17) is 0 Å². The summed E-state index contributed by atoms with van der Waals surface area (Å²) >= 11 is 0. The lowest BCUT2D eigenvalue weighted by Gasteiger charge is -2.24. The van der Waals surface area contributed by atoms with E-state index in [0.29, 0.717) is 11.8 Å². The molecule has 1 aromatic heterocycles. The zero-order chi connectivity index (χ0) is 11.7. The zero-order valence-electron chi connectivity index (χ0n) is 10.2.